The van der Waals surface area contributed by atoms with Crippen molar-refractivity contribution < 1.29 is 45.1 Å². The molecule has 2 unspecified atom stereocenters. The molecular formula is C34H47N7O9S. The van der Waals surface area contributed by atoms with Crippen LogP contribution in [0.5, 0.6) is 0 Å². The van der Waals surface area contributed by atoms with Crippen LogP contribution in [0.2, 0.25) is 0 Å². The first-order valence-corrected chi connectivity index (χ1v) is 17.5. The van der Waals surface area contributed by atoms with Gasteiger partial charge in [0.05, 0.1) is 24.4 Å². The molecule has 16 nitrogen and oxygen atoms in total. The maximum absolute atomic E-state index is 14.5. The Morgan fingerprint density at radius 3 is 2.25 bits per heavy atom. The SMILES string of the molecule is [3H]CC(C)C[C@@H](C=O)N(NCCC)C(=O)C(NC(=O)[C@H](CC(=O)O)NC(=O)[C@H](N)CC(=O)O)c1sccc1C(=O)N1CCN(c2ccccc2)CC1. The number of aldehydes is 1. The maximum atomic E-state index is 14.5. The third-order valence-electron chi connectivity index (χ3n) is 8.05. The van der Waals surface area contributed by atoms with E-state index >= 15 is 0 Å². The van der Waals surface area contributed by atoms with Crippen molar-refractivity contribution in [2.75, 3.05) is 37.6 Å². The van der Waals surface area contributed by atoms with E-state index in [4.69, 9.17) is 12.2 Å². The fraction of sp³-hybridized carbons (Fsp3) is 0.500. The van der Waals surface area contributed by atoms with Gasteiger partial charge in [-0.25, -0.2) is 5.43 Å². The number of carboxylic acid groups (broad SMARTS) is 2. The second kappa shape index (κ2) is 19.5. The number of nitrogens with two attached hydrogens (primary N) is 1. The molecule has 1 aliphatic heterocycles. The lowest BCUT2D eigenvalue weighted by molar-refractivity contribution is -0.145. The van der Waals surface area contributed by atoms with Gasteiger partial charge >= 0.3 is 11.9 Å². The zero-order chi connectivity index (χ0) is 38.4. The maximum Gasteiger partial charge on any atom is 0.305 e. The predicted molar refractivity (Wildman–Crippen MR) is 189 cm³/mol. The van der Waals surface area contributed by atoms with E-state index in [2.05, 4.69) is 21.0 Å². The van der Waals surface area contributed by atoms with Gasteiger partial charge in [-0.2, -0.15) is 0 Å². The van der Waals surface area contributed by atoms with Crippen molar-refractivity contribution in [1.29, 1.82) is 0 Å². The molecule has 0 bridgehead atoms. The lowest BCUT2D eigenvalue weighted by Gasteiger charge is -2.36. The molecule has 1 fully saturated rings. The second-order valence-corrected chi connectivity index (χ2v) is 13.2. The minimum atomic E-state index is -1.80. The zero-order valence-electron chi connectivity index (χ0n) is 29.7. The Morgan fingerprint density at radius 1 is 1.00 bits per heavy atom. The molecule has 2 heterocycles. The average molecular weight is 732 g/mol. The topological polar surface area (TPSA) is 232 Å². The summed E-state index contributed by atoms with van der Waals surface area (Å²) in [5.74, 6) is -6.66. The first-order chi connectivity index (χ1) is 24.8. The van der Waals surface area contributed by atoms with Gasteiger partial charge in [0.2, 0.25) is 11.8 Å². The summed E-state index contributed by atoms with van der Waals surface area (Å²) in [6.45, 7) is 5.60. The summed E-state index contributed by atoms with van der Waals surface area (Å²) in [5.41, 5.74) is 9.69. The summed E-state index contributed by atoms with van der Waals surface area (Å²) in [6.07, 6.45) is -0.541. The fourth-order valence-corrected chi connectivity index (χ4v) is 6.42. The summed E-state index contributed by atoms with van der Waals surface area (Å²) >= 11 is 0.993. The van der Waals surface area contributed by atoms with Gasteiger partial charge in [0.15, 0.2) is 0 Å². The molecule has 1 aliphatic rings. The van der Waals surface area contributed by atoms with Gasteiger partial charge < -0.3 is 41.2 Å². The Kier molecular flexibility index (Phi) is 14.9. The zero-order valence-corrected chi connectivity index (χ0v) is 29.5. The largest absolute Gasteiger partial charge is 0.481 e. The normalized spacial score (nSPS) is 16.1. The summed E-state index contributed by atoms with van der Waals surface area (Å²) < 4.78 is 7.75. The van der Waals surface area contributed by atoms with Crippen molar-refractivity contribution >= 4 is 58.9 Å². The first kappa shape index (κ1) is 38.9. The number of para-hydroxylation sites is 1. The van der Waals surface area contributed by atoms with Crippen LogP contribution >= 0.6 is 11.3 Å². The number of carbonyl (C=O) groups excluding carboxylic acids is 5. The van der Waals surface area contributed by atoms with Gasteiger partial charge in [0.25, 0.3) is 11.8 Å². The smallest absolute Gasteiger partial charge is 0.305 e. The van der Waals surface area contributed by atoms with E-state index in [0.717, 1.165) is 22.0 Å². The van der Waals surface area contributed by atoms with Crippen molar-refractivity contribution in [1.82, 2.24) is 26.0 Å². The number of hydrazine groups is 1. The van der Waals surface area contributed by atoms with Crippen LogP contribution in [0.4, 0.5) is 5.69 Å². The Bertz CT molecular complexity index is 1550. The molecule has 278 valence electrons. The van der Waals surface area contributed by atoms with Crippen molar-refractivity contribution in [3.05, 3.63) is 52.2 Å². The van der Waals surface area contributed by atoms with Gasteiger partial charge in [0, 0.05) is 44.7 Å². The molecule has 0 aliphatic carbocycles. The van der Waals surface area contributed by atoms with Crippen LogP contribution in [0.25, 0.3) is 0 Å². The molecule has 1 aromatic carbocycles. The van der Waals surface area contributed by atoms with E-state index in [1.807, 2.05) is 37.3 Å². The number of rotatable bonds is 19. The van der Waals surface area contributed by atoms with E-state index in [1.165, 1.54) is 6.07 Å². The third-order valence-corrected chi connectivity index (χ3v) is 9.04. The number of carboxylic acids is 2. The minimum Gasteiger partial charge on any atom is -0.481 e. The summed E-state index contributed by atoms with van der Waals surface area (Å²) in [4.78, 5) is 94.2. The number of anilines is 1. The number of amides is 4. The second-order valence-electron chi connectivity index (χ2n) is 12.3. The highest BCUT2D eigenvalue weighted by Crippen LogP contribution is 2.29. The number of aliphatic carboxylic acids is 2. The van der Waals surface area contributed by atoms with Crippen LogP contribution in [-0.4, -0.2) is 113 Å². The standard InChI is InChI=1S/C34H47N7O9S/c1-4-11-36-41(23(20-42)17-21(2)3)34(50)29(38-32(48)26(19-28(45)46)37-31(47)25(35)18-27(43)44)30-24(10-16-51-30)33(49)40-14-12-39(13-15-40)22-8-6-5-7-9-22/h5-10,16,20-21,23,25-26,29,36H,4,11-15,17-19,35H2,1-3H3,(H,37,47)(H,38,48)(H,43,44)(H,45,46)/t23-,25+,26-,29?/m0/s1/i2T/t21?,23-,25+,26-,29?. The lowest BCUT2D eigenvalue weighted by atomic mass is 10.0. The Balaban J connectivity index is 2.01. The predicted octanol–water partition coefficient (Wildman–Crippen LogP) is 0.986. The summed E-state index contributed by atoms with van der Waals surface area (Å²) in [7, 11) is 0. The Labute approximate surface area is 301 Å². The van der Waals surface area contributed by atoms with E-state index in [0.29, 0.717) is 38.9 Å². The average Bonchev–Trinajstić information content (AvgIpc) is 3.62. The Hall–Kier alpha value is -4.87. The van der Waals surface area contributed by atoms with Crippen LogP contribution in [0, 0.1) is 5.92 Å². The number of hydrogen-bond acceptors (Lipinski definition) is 11. The quantitative estimate of drug-likeness (QED) is 0.0878. The van der Waals surface area contributed by atoms with E-state index < -0.39 is 72.6 Å². The van der Waals surface area contributed by atoms with Crippen LogP contribution in [0.1, 0.15) is 69.1 Å². The molecule has 4 amide bonds. The minimum absolute atomic E-state index is 0.0258. The van der Waals surface area contributed by atoms with Crippen LogP contribution in [0.15, 0.2) is 41.8 Å². The van der Waals surface area contributed by atoms with Gasteiger partial charge in [-0.1, -0.05) is 38.9 Å². The molecule has 3 rings (SSSR count). The van der Waals surface area contributed by atoms with Crippen molar-refractivity contribution in [3.8, 4) is 0 Å². The highest BCUT2D eigenvalue weighted by Gasteiger charge is 2.38. The van der Waals surface area contributed by atoms with Gasteiger partial charge in [0.1, 0.15) is 24.4 Å². The molecule has 51 heavy (non-hydrogen) atoms. The van der Waals surface area contributed by atoms with Crippen LogP contribution < -0.4 is 26.7 Å². The highest BCUT2D eigenvalue weighted by atomic mass is 32.1. The van der Waals surface area contributed by atoms with E-state index in [1.54, 1.807) is 17.2 Å². The number of hydrogen-bond donors (Lipinski definition) is 6. The molecule has 0 saturated carbocycles. The number of benzene rings is 1. The van der Waals surface area contributed by atoms with Crippen LogP contribution in [0.3, 0.4) is 0 Å². The van der Waals surface area contributed by atoms with Crippen molar-refractivity contribution in [3.63, 3.8) is 0 Å². The number of nitrogens with zero attached hydrogens (tertiary/aromatic N) is 3. The van der Waals surface area contributed by atoms with Crippen molar-refractivity contribution in [2.24, 2.45) is 11.7 Å². The fourth-order valence-electron chi connectivity index (χ4n) is 5.49. The molecule has 1 aromatic heterocycles. The first-order valence-electron chi connectivity index (χ1n) is 17.3. The molecule has 0 radical (unpaired) electrons. The number of thiophene rings is 1. The molecule has 0 spiro atoms. The van der Waals surface area contributed by atoms with E-state index in [9.17, 15) is 38.7 Å². The lowest BCUT2D eigenvalue weighted by Crippen LogP contribution is -2.57. The Morgan fingerprint density at radius 2 is 1.67 bits per heavy atom. The number of carbonyl (C=O) groups is 7. The van der Waals surface area contributed by atoms with Crippen LogP contribution in [-0.2, 0) is 28.8 Å². The molecular weight excluding hydrogens is 682 g/mol. The van der Waals surface area contributed by atoms with Gasteiger partial charge in [-0.3, -0.25) is 33.8 Å². The molecule has 2 aromatic rings. The van der Waals surface area contributed by atoms with Gasteiger partial charge in [-0.15, -0.1) is 11.3 Å². The van der Waals surface area contributed by atoms with Gasteiger partial charge in [-0.05, 0) is 42.3 Å². The summed E-state index contributed by atoms with van der Waals surface area (Å²) in [5, 5.41) is 25.9. The highest BCUT2D eigenvalue weighted by molar-refractivity contribution is 7.10. The molecule has 5 atom stereocenters. The van der Waals surface area contributed by atoms with E-state index in [-0.39, 0.29) is 36.2 Å². The summed E-state index contributed by atoms with van der Waals surface area (Å²) in [6, 6.07) is 5.10. The number of piperazine rings is 1. The molecule has 17 heteroatoms. The number of nitrogens with one attached hydrogen (secondary N) is 3. The molecule has 1 saturated heterocycles. The monoisotopic (exact) mass is 731 g/mol. The molecule has 7 N–H and O–H groups in total. The third kappa shape index (κ3) is 11.6. The van der Waals surface area contributed by atoms with Crippen molar-refractivity contribution in [2.45, 2.75) is 70.6 Å².